The number of phosphoric acid groups is 1. The highest BCUT2D eigenvalue weighted by Gasteiger charge is 2.27. The summed E-state index contributed by atoms with van der Waals surface area (Å²) in [7, 11) is 1.44. The fraction of sp³-hybridized carbons (Fsp3) is 0.688. The average Bonchev–Trinajstić information content (AvgIpc) is 3.36. The van der Waals surface area contributed by atoms with Crippen molar-refractivity contribution in [3.8, 4) is 0 Å². The van der Waals surface area contributed by atoms with Gasteiger partial charge in [-0.15, -0.1) is 0 Å². The molecular formula is C64H111NO8P+. The van der Waals surface area contributed by atoms with Gasteiger partial charge in [0.05, 0.1) is 27.7 Å². The lowest BCUT2D eigenvalue weighted by atomic mass is 10.0. The smallest absolute Gasteiger partial charge is 0.462 e. The number of hydrogen-bond donors (Lipinski definition) is 1. The van der Waals surface area contributed by atoms with Crippen molar-refractivity contribution in [2.45, 2.75) is 238 Å². The Kier molecular flexibility index (Phi) is 52.0. The summed E-state index contributed by atoms with van der Waals surface area (Å²) in [5.74, 6) is -0.836. The highest BCUT2D eigenvalue weighted by atomic mass is 31.2. The molecule has 9 nitrogen and oxygen atoms in total. The number of hydrogen-bond acceptors (Lipinski definition) is 7. The van der Waals surface area contributed by atoms with Gasteiger partial charge in [-0.3, -0.25) is 18.6 Å². The van der Waals surface area contributed by atoms with E-state index >= 15 is 0 Å². The largest absolute Gasteiger partial charge is 0.472 e. The molecule has 74 heavy (non-hydrogen) atoms. The van der Waals surface area contributed by atoms with E-state index < -0.39 is 26.5 Å². The van der Waals surface area contributed by atoms with E-state index in [0.29, 0.717) is 17.4 Å². The van der Waals surface area contributed by atoms with Gasteiger partial charge in [0.1, 0.15) is 19.8 Å². The van der Waals surface area contributed by atoms with Crippen LogP contribution in [0.15, 0.2) is 109 Å². The predicted molar refractivity (Wildman–Crippen MR) is 316 cm³/mol. The second-order valence-corrected chi connectivity index (χ2v) is 22.1. The number of rotatable bonds is 53. The van der Waals surface area contributed by atoms with Crippen LogP contribution in [0, 0.1) is 0 Å². The number of carbonyl (C=O) groups is 2. The highest BCUT2D eigenvalue weighted by molar-refractivity contribution is 7.47. The second kappa shape index (κ2) is 54.5. The summed E-state index contributed by atoms with van der Waals surface area (Å²) in [6, 6.07) is 0. The van der Waals surface area contributed by atoms with Crippen LogP contribution < -0.4 is 0 Å². The summed E-state index contributed by atoms with van der Waals surface area (Å²) in [6.45, 7) is 4.17. The number of nitrogens with zero attached hydrogens (tertiary/aromatic N) is 1. The third-order valence-electron chi connectivity index (χ3n) is 12.3. The maximum atomic E-state index is 12.8. The van der Waals surface area contributed by atoms with Crippen LogP contribution >= 0.6 is 7.82 Å². The van der Waals surface area contributed by atoms with Crippen LogP contribution in [-0.4, -0.2) is 74.9 Å². The minimum atomic E-state index is -4.40. The monoisotopic (exact) mass is 1050 g/mol. The summed E-state index contributed by atoms with van der Waals surface area (Å²) in [5, 5.41) is 0. The van der Waals surface area contributed by atoms with E-state index in [1.165, 1.54) is 103 Å². The molecule has 0 heterocycles. The fourth-order valence-corrected chi connectivity index (χ4v) is 8.54. The summed E-state index contributed by atoms with van der Waals surface area (Å²) < 4.78 is 34.5. The number of quaternary nitrogens is 1. The number of carbonyl (C=O) groups excluding carboxylic acids is 2. The standard InChI is InChI=1S/C64H110NO8P/c1-6-8-10-12-14-16-18-20-22-24-26-27-28-29-30-31-32-33-34-35-36-37-39-40-42-44-46-48-50-52-54-56-63(66)70-60-62(61-72-74(68,69)71-59-58-65(3,4)5)73-64(67)57-55-53-51-49-47-45-43-41-38-25-23-21-19-17-15-13-11-9-7-2/h8-11,14-17,20-23,26-27,38,41,45,47,62H,6-7,12-13,18-19,24-25,28-37,39-40,42-44,46,48-61H2,1-5H3/p+1/b10-8-,11-9-,16-14-,17-15-,22-20-,23-21-,27-26-,41-38-,47-45-. The Morgan fingerprint density at radius 2 is 0.730 bits per heavy atom. The Morgan fingerprint density at radius 3 is 1.09 bits per heavy atom. The Balaban J connectivity index is 4.13. The molecule has 0 aromatic heterocycles. The lowest BCUT2D eigenvalue weighted by Gasteiger charge is -2.24. The van der Waals surface area contributed by atoms with E-state index in [9.17, 15) is 19.0 Å². The van der Waals surface area contributed by atoms with Gasteiger partial charge in [0, 0.05) is 12.8 Å². The van der Waals surface area contributed by atoms with Crippen LogP contribution in [0.2, 0.25) is 0 Å². The minimum Gasteiger partial charge on any atom is -0.462 e. The van der Waals surface area contributed by atoms with Crippen LogP contribution in [0.4, 0.5) is 0 Å². The molecule has 0 aliphatic carbocycles. The summed E-state index contributed by atoms with van der Waals surface area (Å²) in [5.41, 5.74) is 0. The Labute approximate surface area is 455 Å². The average molecular weight is 1050 g/mol. The van der Waals surface area contributed by atoms with Gasteiger partial charge in [0.15, 0.2) is 6.10 Å². The molecule has 424 valence electrons. The number of esters is 2. The van der Waals surface area contributed by atoms with E-state index in [-0.39, 0.29) is 32.0 Å². The van der Waals surface area contributed by atoms with Gasteiger partial charge in [-0.05, 0) is 96.3 Å². The van der Waals surface area contributed by atoms with Crippen LogP contribution in [-0.2, 0) is 32.7 Å². The van der Waals surface area contributed by atoms with Crippen LogP contribution in [0.25, 0.3) is 0 Å². The van der Waals surface area contributed by atoms with Gasteiger partial charge in [-0.1, -0.05) is 232 Å². The molecule has 0 aliphatic rings. The van der Waals surface area contributed by atoms with Crippen molar-refractivity contribution in [2.24, 2.45) is 0 Å². The van der Waals surface area contributed by atoms with Gasteiger partial charge in [0.25, 0.3) is 0 Å². The first-order valence-corrected chi connectivity index (χ1v) is 31.1. The molecule has 0 saturated carbocycles. The zero-order valence-electron chi connectivity index (χ0n) is 48.0. The van der Waals surface area contributed by atoms with Gasteiger partial charge in [0.2, 0.25) is 0 Å². The van der Waals surface area contributed by atoms with Gasteiger partial charge in [-0.2, -0.15) is 0 Å². The second-order valence-electron chi connectivity index (χ2n) is 20.6. The zero-order chi connectivity index (χ0) is 54.2. The molecule has 2 unspecified atom stereocenters. The summed E-state index contributed by atoms with van der Waals surface area (Å²) in [6.07, 6.45) is 76.0. The van der Waals surface area contributed by atoms with Crippen molar-refractivity contribution in [3.05, 3.63) is 109 Å². The zero-order valence-corrected chi connectivity index (χ0v) is 48.9. The first kappa shape index (κ1) is 70.7. The Morgan fingerprint density at radius 1 is 0.419 bits per heavy atom. The molecule has 0 aromatic rings. The first-order valence-electron chi connectivity index (χ1n) is 29.6. The van der Waals surface area contributed by atoms with Crippen molar-refractivity contribution in [3.63, 3.8) is 0 Å². The van der Waals surface area contributed by atoms with E-state index in [2.05, 4.69) is 123 Å². The normalized spacial score (nSPS) is 14.1. The third kappa shape index (κ3) is 57.9. The Bertz CT molecular complexity index is 1620. The van der Waals surface area contributed by atoms with Crippen molar-refractivity contribution >= 4 is 19.8 Å². The highest BCUT2D eigenvalue weighted by Crippen LogP contribution is 2.43. The van der Waals surface area contributed by atoms with Gasteiger partial charge >= 0.3 is 19.8 Å². The number of likely N-dealkylation sites (N-methyl/N-ethyl adjacent to an activating group) is 1. The van der Waals surface area contributed by atoms with Gasteiger partial charge < -0.3 is 18.9 Å². The van der Waals surface area contributed by atoms with E-state index in [0.717, 1.165) is 96.3 Å². The van der Waals surface area contributed by atoms with Crippen LogP contribution in [0.1, 0.15) is 232 Å². The number of allylic oxidation sites excluding steroid dienone is 18. The molecule has 2 atom stereocenters. The molecule has 0 amide bonds. The number of ether oxygens (including phenoxy) is 2. The van der Waals surface area contributed by atoms with Crippen molar-refractivity contribution < 1.29 is 42.1 Å². The molecule has 0 rings (SSSR count). The van der Waals surface area contributed by atoms with Crippen LogP contribution in [0.3, 0.4) is 0 Å². The molecule has 0 saturated heterocycles. The Hall–Kier alpha value is -3.33. The SMILES string of the molecule is CC/C=C\C/C=C\C/C=C\C/C=C\C/C=C\CCCCCC(=O)OC(COC(=O)CCCCCCCCCCCCCCCCCCCC/C=C\C/C=C\C/C=C\C/C=C\CC)COP(=O)(O)OCC[N+](C)(C)C. The molecule has 10 heteroatoms. The number of phosphoric ester groups is 1. The minimum absolute atomic E-state index is 0.0205. The van der Waals surface area contributed by atoms with Crippen molar-refractivity contribution in [1.29, 1.82) is 0 Å². The predicted octanol–water partition coefficient (Wildman–Crippen LogP) is 18.6. The molecule has 0 bridgehead atoms. The van der Waals surface area contributed by atoms with Gasteiger partial charge in [-0.25, -0.2) is 4.57 Å². The number of unbranched alkanes of at least 4 members (excludes halogenated alkanes) is 21. The summed E-state index contributed by atoms with van der Waals surface area (Å²) in [4.78, 5) is 35.7. The molecule has 0 spiro atoms. The maximum Gasteiger partial charge on any atom is 0.472 e. The summed E-state index contributed by atoms with van der Waals surface area (Å²) >= 11 is 0. The molecule has 0 radical (unpaired) electrons. The molecule has 0 fully saturated rings. The molecule has 0 aromatic carbocycles. The van der Waals surface area contributed by atoms with Crippen LogP contribution in [0.5, 0.6) is 0 Å². The molecule has 0 aliphatic heterocycles. The quantitative estimate of drug-likeness (QED) is 0.0211. The topological polar surface area (TPSA) is 108 Å². The van der Waals surface area contributed by atoms with Crippen molar-refractivity contribution in [2.75, 3.05) is 47.5 Å². The van der Waals surface area contributed by atoms with E-state index in [1.54, 1.807) is 0 Å². The maximum absolute atomic E-state index is 12.8. The van der Waals surface area contributed by atoms with E-state index in [4.69, 9.17) is 18.5 Å². The fourth-order valence-electron chi connectivity index (χ4n) is 7.80. The lowest BCUT2D eigenvalue weighted by molar-refractivity contribution is -0.870. The lowest BCUT2D eigenvalue weighted by Crippen LogP contribution is -2.37. The molecule has 1 N–H and O–H groups in total. The third-order valence-corrected chi connectivity index (χ3v) is 13.3. The molecular weight excluding hydrogens is 942 g/mol. The van der Waals surface area contributed by atoms with E-state index in [1.807, 2.05) is 21.1 Å². The van der Waals surface area contributed by atoms with Crippen molar-refractivity contribution in [1.82, 2.24) is 0 Å². The first-order chi connectivity index (χ1) is 36.0.